The molecule has 0 saturated heterocycles. The molecule has 1 aromatic carbocycles. The van der Waals surface area contributed by atoms with Crippen LogP contribution in [0.25, 0.3) is 0 Å². The van der Waals surface area contributed by atoms with Crippen LogP contribution in [0.15, 0.2) is 46.0 Å². The molecule has 0 bridgehead atoms. The average molecular weight is 354 g/mol. The number of benzene rings is 1. The van der Waals surface area contributed by atoms with Crippen LogP contribution in [0.5, 0.6) is 5.75 Å². The largest absolute Gasteiger partial charge is 0.497 e. The summed E-state index contributed by atoms with van der Waals surface area (Å²) in [6, 6.07) is 7.98. The van der Waals surface area contributed by atoms with Gasteiger partial charge in [-0.2, -0.15) is 11.3 Å². The second-order valence-electron chi connectivity index (χ2n) is 4.73. The number of thiophene rings is 1. The van der Waals surface area contributed by atoms with Gasteiger partial charge in [-0.1, -0.05) is 0 Å². The van der Waals surface area contributed by atoms with Gasteiger partial charge in [-0.15, -0.1) is 0 Å². The quantitative estimate of drug-likeness (QED) is 0.756. The minimum Gasteiger partial charge on any atom is -0.497 e. The Kier molecular flexibility index (Phi) is 6.14. The molecule has 0 aliphatic heterocycles. The maximum atomic E-state index is 12.1. The van der Waals surface area contributed by atoms with E-state index in [1.54, 1.807) is 23.5 Å². The van der Waals surface area contributed by atoms with Crippen molar-refractivity contribution in [2.24, 2.45) is 0 Å². The first-order chi connectivity index (χ1) is 11.0. The van der Waals surface area contributed by atoms with Gasteiger partial charge in [0.2, 0.25) is 15.9 Å². The van der Waals surface area contributed by atoms with E-state index in [9.17, 15) is 13.2 Å². The second-order valence-corrected chi connectivity index (χ2v) is 7.28. The van der Waals surface area contributed by atoms with Gasteiger partial charge in [0, 0.05) is 19.5 Å². The maximum Gasteiger partial charge on any atom is 0.240 e. The average Bonchev–Trinajstić information content (AvgIpc) is 3.06. The van der Waals surface area contributed by atoms with Crippen LogP contribution >= 0.6 is 11.3 Å². The van der Waals surface area contributed by atoms with Gasteiger partial charge in [0.1, 0.15) is 5.75 Å². The zero-order valence-corrected chi connectivity index (χ0v) is 14.2. The Balaban J connectivity index is 1.78. The fraction of sp³-hybridized carbons (Fsp3) is 0.267. The van der Waals surface area contributed by atoms with Crippen LogP contribution in [0.1, 0.15) is 12.0 Å². The van der Waals surface area contributed by atoms with E-state index in [-0.39, 0.29) is 23.8 Å². The number of sulfonamides is 1. The fourth-order valence-corrected chi connectivity index (χ4v) is 3.52. The molecule has 1 heterocycles. The second kappa shape index (κ2) is 8.09. The van der Waals surface area contributed by atoms with E-state index >= 15 is 0 Å². The molecule has 0 aliphatic rings. The van der Waals surface area contributed by atoms with Crippen molar-refractivity contribution < 1.29 is 17.9 Å². The molecule has 8 heteroatoms. The van der Waals surface area contributed by atoms with Gasteiger partial charge >= 0.3 is 0 Å². The molecule has 1 aromatic heterocycles. The van der Waals surface area contributed by atoms with Gasteiger partial charge in [-0.05, 0) is 46.7 Å². The molecule has 0 aliphatic carbocycles. The molecule has 0 saturated carbocycles. The maximum absolute atomic E-state index is 12.1. The highest BCUT2D eigenvalue weighted by Gasteiger charge is 2.14. The van der Waals surface area contributed by atoms with E-state index in [1.165, 1.54) is 19.2 Å². The number of hydrogen-bond acceptors (Lipinski definition) is 5. The molecular weight excluding hydrogens is 336 g/mol. The minimum absolute atomic E-state index is 0.0455. The Morgan fingerprint density at radius 2 is 1.96 bits per heavy atom. The number of carbonyl (C=O) groups excluding carboxylic acids is 1. The first-order valence-corrected chi connectivity index (χ1v) is 9.35. The highest BCUT2D eigenvalue weighted by molar-refractivity contribution is 7.89. The molecule has 2 aromatic rings. The number of rotatable bonds is 8. The summed E-state index contributed by atoms with van der Waals surface area (Å²) in [5.41, 5.74) is 1.03. The zero-order chi connectivity index (χ0) is 16.7. The molecule has 2 rings (SSSR count). The monoisotopic (exact) mass is 354 g/mol. The van der Waals surface area contributed by atoms with Crippen molar-refractivity contribution in [3.63, 3.8) is 0 Å². The van der Waals surface area contributed by atoms with Crippen molar-refractivity contribution in [3.05, 3.63) is 46.7 Å². The fourth-order valence-electron chi connectivity index (χ4n) is 1.82. The SMILES string of the molecule is COc1ccc(S(=O)(=O)NCCC(=O)NCc2ccsc2)cc1. The van der Waals surface area contributed by atoms with Gasteiger partial charge in [-0.3, -0.25) is 4.79 Å². The van der Waals surface area contributed by atoms with E-state index in [0.717, 1.165) is 5.56 Å². The summed E-state index contributed by atoms with van der Waals surface area (Å²) in [6.07, 6.45) is 0.0829. The molecule has 1 amide bonds. The van der Waals surface area contributed by atoms with Gasteiger partial charge in [-0.25, -0.2) is 13.1 Å². The number of methoxy groups -OCH3 is 1. The van der Waals surface area contributed by atoms with Gasteiger partial charge < -0.3 is 10.1 Å². The van der Waals surface area contributed by atoms with Crippen molar-refractivity contribution in [1.29, 1.82) is 0 Å². The number of hydrogen-bond donors (Lipinski definition) is 2. The lowest BCUT2D eigenvalue weighted by Crippen LogP contribution is -2.30. The van der Waals surface area contributed by atoms with Crippen LogP contribution < -0.4 is 14.8 Å². The first kappa shape index (κ1) is 17.5. The molecule has 6 nitrogen and oxygen atoms in total. The Labute approximate surface area is 139 Å². The third-order valence-electron chi connectivity index (χ3n) is 3.08. The predicted octanol–water partition coefficient (Wildman–Crippen LogP) is 1.74. The Morgan fingerprint density at radius 1 is 1.22 bits per heavy atom. The molecule has 2 N–H and O–H groups in total. The molecule has 0 spiro atoms. The van der Waals surface area contributed by atoms with E-state index in [1.807, 2.05) is 16.8 Å². The van der Waals surface area contributed by atoms with Crippen molar-refractivity contribution in [2.75, 3.05) is 13.7 Å². The van der Waals surface area contributed by atoms with E-state index in [4.69, 9.17) is 4.74 Å². The smallest absolute Gasteiger partial charge is 0.240 e. The summed E-state index contributed by atoms with van der Waals surface area (Å²) >= 11 is 1.56. The van der Waals surface area contributed by atoms with Gasteiger partial charge in [0.15, 0.2) is 0 Å². The highest BCUT2D eigenvalue weighted by atomic mass is 32.2. The number of ether oxygens (including phenoxy) is 1. The Bertz CT molecular complexity index is 725. The Hall–Kier alpha value is -1.90. The summed E-state index contributed by atoms with van der Waals surface area (Å²) in [6.45, 7) is 0.497. The van der Waals surface area contributed by atoms with Gasteiger partial charge in [0.05, 0.1) is 12.0 Å². The summed E-state index contributed by atoms with van der Waals surface area (Å²) in [4.78, 5) is 11.8. The van der Waals surface area contributed by atoms with Gasteiger partial charge in [0.25, 0.3) is 0 Å². The summed E-state index contributed by atoms with van der Waals surface area (Å²) in [7, 11) is -2.11. The van der Waals surface area contributed by atoms with Crippen LogP contribution in [-0.4, -0.2) is 28.0 Å². The van der Waals surface area contributed by atoms with Crippen LogP contribution in [0.4, 0.5) is 0 Å². The lowest BCUT2D eigenvalue weighted by atomic mass is 10.3. The van der Waals surface area contributed by atoms with Crippen LogP contribution in [0.2, 0.25) is 0 Å². The standard InChI is InChI=1S/C15H18N2O4S2/c1-21-13-2-4-14(5-3-13)23(19,20)17-8-6-15(18)16-10-12-7-9-22-11-12/h2-5,7,9,11,17H,6,8,10H2,1H3,(H,16,18). The molecule has 0 atom stereocenters. The topological polar surface area (TPSA) is 84.5 Å². The van der Waals surface area contributed by atoms with E-state index in [0.29, 0.717) is 12.3 Å². The van der Waals surface area contributed by atoms with Crippen LogP contribution in [-0.2, 0) is 21.4 Å². The van der Waals surface area contributed by atoms with Crippen LogP contribution in [0.3, 0.4) is 0 Å². The zero-order valence-electron chi connectivity index (χ0n) is 12.6. The summed E-state index contributed by atoms with van der Waals surface area (Å²) in [5, 5.41) is 6.63. The van der Waals surface area contributed by atoms with Crippen molar-refractivity contribution >= 4 is 27.3 Å². The first-order valence-electron chi connectivity index (χ1n) is 6.93. The Morgan fingerprint density at radius 3 is 2.57 bits per heavy atom. The third-order valence-corrected chi connectivity index (χ3v) is 5.29. The van der Waals surface area contributed by atoms with Crippen molar-refractivity contribution in [2.45, 2.75) is 17.9 Å². The number of nitrogens with one attached hydrogen (secondary N) is 2. The summed E-state index contributed by atoms with van der Waals surface area (Å²) in [5.74, 6) is 0.380. The predicted molar refractivity (Wildman–Crippen MR) is 89.0 cm³/mol. The molecule has 0 fully saturated rings. The van der Waals surface area contributed by atoms with E-state index in [2.05, 4.69) is 10.0 Å². The third kappa shape index (κ3) is 5.34. The van der Waals surface area contributed by atoms with E-state index < -0.39 is 10.0 Å². The molecule has 0 unspecified atom stereocenters. The van der Waals surface area contributed by atoms with Crippen molar-refractivity contribution in [3.8, 4) is 5.75 Å². The highest BCUT2D eigenvalue weighted by Crippen LogP contribution is 2.15. The lowest BCUT2D eigenvalue weighted by Gasteiger charge is -2.08. The summed E-state index contributed by atoms with van der Waals surface area (Å²) < 4.78 is 31.5. The minimum atomic E-state index is -3.62. The van der Waals surface area contributed by atoms with Crippen LogP contribution in [0, 0.1) is 0 Å². The molecule has 0 radical (unpaired) electrons. The number of carbonyl (C=O) groups is 1. The lowest BCUT2D eigenvalue weighted by molar-refractivity contribution is -0.121. The molecule has 124 valence electrons. The molecular formula is C15H18N2O4S2. The molecule has 23 heavy (non-hydrogen) atoms. The number of amides is 1. The normalized spacial score (nSPS) is 11.2. The van der Waals surface area contributed by atoms with Crippen molar-refractivity contribution in [1.82, 2.24) is 10.0 Å².